The fourth-order valence-corrected chi connectivity index (χ4v) is 1.69. The number of hydrogen-bond acceptors (Lipinski definition) is 2. The first-order chi connectivity index (χ1) is 6.79. The van der Waals surface area contributed by atoms with Gasteiger partial charge in [-0.05, 0) is 37.8 Å². The SMILES string of the molecule is Cc1ccc(C=N)c(NC2CCC2)c1. The maximum atomic E-state index is 7.31. The van der Waals surface area contributed by atoms with Crippen molar-refractivity contribution in [2.24, 2.45) is 0 Å². The largest absolute Gasteiger partial charge is 0.382 e. The zero-order chi connectivity index (χ0) is 9.97. The minimum absolute atomic E-state index is 0.635. The van der Waals surface area contributed by atoms with E-state index < -0.39 is 0 Å². The Labute approximate surface area is 84.9 Å². The summed E-state index contributed by atoms with van der Waals surface area (Å²) in [5.74, 6) is 0. The fourth-order valence-electron chi connectivity index (χ4n) is 1.69. The highest BCUT2D eigenvalue weighted by molar-refractivity contribution is 5.86. The van der Waals surface area contributed by atoms with Gasteiger partial charge in [0.15, 0.2) is 0 Å². The predicted molar refractivity (Wildman–Crippen MR) is 60.3 cm³/mol. The summed E-state index contributed by atoms with van der Waals surface area (Å²) in [6.07, 6.45) is 5.29. The monoisotopic (exact) mass is 188 g/mol. The number of rotatable bonds is 3. The van der Waals surface area contributed by atoms with Crippen LogP contribution in [0.25, 0.3) is 0 Å². The maximum Gasteiger partial charge on any atom is 0.0433 e. The molecule has 1 aliphatic rings. The molecule has 74 valence electrons. The topological polar surface area (TPSA) is 35.9 Å². The van der Waals surface area contributed by atoms with Crippen molar-refractivity contribution in [2.75, 3.05) is 5.32 Å². The highest BCUT2D eigenvalue weighted by atomic mass is 14.9. The molecule has 1 aromatic carbocycles. The third-order valence-corrected chi connectivity index (χ3v) is 2.83. The molecule has 0 spiro atoms. The number of nitrogens with one attached hydrogen (secondary N) is 2. The minimum Gasteiger partial charge on any atom is -0.382 e. The molecule has 2 heteroatoms. The van der Waals surface area contributed by atoms with Crippen molar-refractivity contribution in [1.82, 2.24) is 0 Å². The molecule has 1 saturated carbocycles. The van der Waals surface area contributed by atoms with E-state index in [2.05, 4.69) is 18.3 Å². The molecule has 0 bridgehead atoms. The summed E-state index contributed by atoms with van der Waals surface area (Å²) < 4.78 is 0. The van der Waals surface area contributed by atoms with E-state index >= 15 is 0 Å². The lowest BCUT2D eigenvalue weighted by molar-refractivity contribution is 0.445. The van der Waals surface area contributed by atoms with Crippen molar-refractivity contribution < 1.29 is 0 Å². The third-order valence-electron chi connectivity index (χ3n) is 2.83. The lowest BCUT2D eigenvalue weighted by atomic mass is 9.92. The molecule has 1 fully saturated rings. The Morgan fingerprint density at radius 3 is 2.79 bits per heavy atom. The Kier molecular flexibility index (Phi) is 2.53. The van der Waals surface area contributed by atoms with Gasteiger partial charge in [-0.15, -0.1) is 0 Å². The summed E-state index contributed by atoms with van der Waals surface area (Å²) >= 11 is 0. The molecule has 0 atom stereocenters. The van der Waals surface area contributed by atoms with Crippen molar-refractivity contribution in [3.8, 4) is 0 Å². The molecule has 0 unspecified atom stereocenters. The highest BCUT2D eigenvalue weighted by Gasteiger charge is 2.17. The Morgan fingerprint density at radius 1 is 1.43 bits per heavy atom. The molecule has 2 N–H and O–H groups in total. The van der Waals surface area contributed by atoms with Gasteiger partial charge in [-0.1, -0.05) is 12.1 Å². The Balaban J connectivity index is 2.19. The van der Waals surface area contributed by atoms with Crippen molar-refractivity contribution >= 4 is 11.9 Å². The van der Waals surface area contributed by atoms with E-state index in [4.69, 9.17) is 5.41 Å². The molecule has 0 aliphatic heterocycles. The predicted octanol–water partition coefficient (Wildman–Crippen LogP) is 2.96. The fraction of sp³-hybridized carbons (Fsp3) is 0.417. The second-order valence-corrected chi connectivity index (χ2v) is 4.01. The first-order valence-electron chi connectivity index (χ1n) is 5.17. The van der Waals surface area contributed by atoms with Crippen LogP contribution < -0.4 is 5.32 Å². The lowest BCUT2D eigenvalue weighted by Gasteiger charge is -2.28. The van der Waals surface area contributed by atoms with E-state index in [9.17, 15) is 0 Å². The summed E-state index contributed by atoms with van der Waals surface area (Å²) in [5.41, 5.74) is 3.35. The smallest absolute Gasteiger partial charge is 0.0433 e. The summed E-state index contributed by atoms with van der Waals surface area (Å²) in [6.45, 7) is 2.08. The van der Waals surface area contributed by atoms with Gasteiger partial charge in [-0.25, -0.2) is 0 Å². The molecule has 2 nitrogen and oxygen atoms in total. The number of benzene rings is 1. The first-order valence-corrected chi connectivity index (χ1v) is 5.17. The van der Waals surface area contributed by atoms with Crippen LogP contribution in [-0.2, 0) is 0 Å². The van der Waals surface area contributed by atoms with Gasteiger partial charge in [0.2, 0.25) is 0 Å². The van der Waals surface area contributed by atoms with E-state index in [1.54, 1.807) is 0 Å². The molecule has 1 aromatic rings. The van der Waals surface area contributed by atoms with Crippen LogP contribution in [0, 0.1) is 12.3 Å². The zero-order valence-electron chi connectivity index (χ0n) is 8.51. The Morgan fingerprint density at radius 2 is 2.21 bits per heavy atom. The van der Waals surface area contributed by atoms with Gasteiger partial charge in [-0.3, -0.25) is 0 Å². The average Bonchev–Trinajstić information content (AvgIpc) is 2.12. The molecule has 0 heterocycles. The van der Waals surface area contributed by atoms with Gasteiger partial charge in [0.1, 0.15) is 0 Å². The molecule has 0 radical (unpaired) electrons. The van der Waals surface area contributed by atoms with E-state index in [-0.39, 0.29) is 0 Å². The second-order valence-electron chi connectivity index (χ2n) is 4.01. The Hall–Kier alpha value is -1.31. The van der Waals surface area contributed by atoms with Gasteiger partial charge < -0.3 is 10.7 Å². The van der Waals surface area contributed by atoms with E-state index in [1.165, 1.54) is 31.0 Å². The van der Waals surface area contributed by atoms with Crippen molar-refractivity contribution in [3.63, 3.8) is 0 Å². The third kappa shape index (κ3) is 1.79. The Bertz CT molecular complexity index is 340. The number of hydrogen-bond donors (Lipinski definition) is 2. The van der Waals surface area contributed by atoms with Crippen molar-refractivity contribution in [1.29, 1.82) is 5.41 Å². The minimum atomic E-state index is 0.635. The van der Waals surface area contributed by atoms with Gasteiger partial charge >= 0.3 is 0 Å². The summed E-state index contributed by atoms with van der Waals surface area (Å²) in [7, 11) is 0. The first kappa shape index (κ1) is 9.25. The van der Waals surface area contributed by atoms with E-state index in [0.717, 1.165) is 11.3 Å². The summed E-state index contributed by atoms with van der Waals surface area (Å²) in [4.78, 5) is 0. The molecule has 14 heavy (non-hydrogen) atoms. The molecule has 2 rings (SSSR count). The van der Waals surface area contributed by atoms with E-state index in [0.29, 0.717) is 6.04 Å². The van der Waals surface area contributed by atoms with Crippen LogP contribution in [0.2, 0.25) is 0 Å². The number of aryl methyl sites for hydroxylation is 1. The van der Waals surface area contributed by atoms with E-state index in [1.807, 2.05) is 12.1 Å². The van der Waals surface area contributed by atoms with Gasteiger partial charge in [0, 0.05) is 23.5 Å². The zero-order valence-corrected chi connectivity index (χ0v) is 8.51. The second kappa shape index (κ2) is 3.82. The van der Waals surface area contributed by atoms with Crippen LogP contribution in [0.3, 0.4) is 0 Å². The lowest BCUT2D eigenvalue weighted by Crippen LogP contribution is -2.27. The highest BCUT2D eigenvalue weighted by Crippen LogP contribution is 2.25. The molecular weight excluding hydrogens is 172 g/mol. The normalized spacial score (nSPS) is 16.1. The van der Waals surface area contributed by atoms with Gasteiger partial charge in [0.05, 0.1) is 0 Å². The molecule has 0 saturated heterocycles. The van der Waals surface area contributed by atoms with Crippen LogP contribution in [0.5, 0.6) is 0 Å². The number of anilines is 1. The molecule has 1 aliphatic carbocycles. The quantitative estimate of drug-likeness (QED) is 0.703. The standard InChI is InChI=1S/C12H16N2/c1-9-5-6-10(8-13)12(7-9)14-11-3-2-4-11/h5-8,11,13-14H,2-4H2,1H3. The van der Waals surface area contributed by atoms with Crippen LogP contribution in [0.1, 0.15) is 30.4 Å². The summed E-state index contributed by atoms with van der Waals surface area (Å²) in [5, 5.41) is 10.8. The van der Waals surface area contributed by atoms with Crippen LogP contribution in [0.4, 0.5) is 5.69 Å². The van der Waals surface area contributed by atoms with Crippen LogP contribution in [-0.4, -0.2) is 12.3 Å². The van der Waals surface area contributed by atoms with Crippen molar-refractivity contribution in [2.45, 2.75) is 32.2 Å². The average molecular weight is 188 g/mol. The maximum absolute atomic E-state index is 7.31. The van der Waals surface area contributed by atoms with Crippen LogP contribution >= 0.6 is 0 Å². The molecule has 0 aromatic heterocycles. The molecule has 0 amide bonds. The summed E-state index contributed by atoms with van der Waals surface area (Å²) in [6, 6.07) is 6.81. The van der Waals surface area contributed by atoms with Crippen LogP contribution in [0.15, 0.2) is 18.2 Å². The van der Waals surface area contributed by atoms with Gasteiger partial charge in [-0.2, -0.15) is 0 Å². The molecular formula is C12H16N2. The van der Waals surface area contributed by atoms with Crippen molar-refractivity contribution in [3.05, 3.63) is 29.3 Å². The van der Waals surface area contributed by atoms with Gasteiger partial charge in [0.25, 0.3) is 0 Å².